The van der Waals surface area contributed by atoms with Crippen molar-refractivity contribution in [1.29, 1.82) is 0 Å². The average molecular weight is 563 g/mol. The van der Waals surface area contributed by atoms with Gasteiger partial charge in [0.1, 0.15) is 26.2 Å². The fourth-order valence-corrected chi connectivity index (χ4v) is 10.5. The van der Waals surface area contributed by atoms with E-state index in [-0.39, 0.29) is 25.9 Å². The Balaban J connectivity index is 1.36. The van der Waals surface area contributed by atoms with E-state index in [1.807, 2.05) is 0 Å². The molecule has 3 saturated carbocycles. The number of ether oxygens (including phenoxy) is 1. The van der Waals surface area contributed by atoms with Gasteiger partial charge in [0.05, 0.1) is 32.5 Å². The second kappa shape index (κ2) is 13.9. The number of hydrogen-bond acceptors (Lipinski definition) is 4. The highest BCUT2D eigenvalue weighted by Crippen LogP contribution is 2.67. The highest BCUT2D eigenvalue weighted by Gasteiger charge is 2.59. The van der Waals surface area contributed by atoms with E-state index in [1.165, 1.54) is 57.8 Å². The van der Waals surface area contributed by atoms with E-state index >= 15 is 0 Å². The molecule has 0 bridgehead atoms. The molecule has 0 aromatic rings. The van der Waals surface area contributed by atoms with Crippen molar-refractivity contribution < 1.29 is 24.5 Å². The van der Waals surface area contributed by atoms with Gasteiger partial charge in [-0.25, -0.2) is 0 Å². The fraction of sp³-hybridized carbons (Fsp3) is 0.943. The van der Waals surface area contributed by atoms with Crippen molar-refractivity contribution in [3.05, 3.63) is 11.6 Å². The van der Waals surface area contributed by atoms with Gasteiger partial charge in [0, 0.05) is 0 Å². The second-order valence-corrected chi connectivity index (χ2v) is 15.4. The Morgan fingerprint density at radius 3 is 2.23 bits per heavy atom. The molecule has 4 aliphatic carbocycles. The third kappa shape index (κ3) is 6.69. The van der Waals surface area contributed by atoms with E-state index in [0.29, 0.717) is 41.6 Å². The quantitative estimate of drug-likeness (QED) is 0.164. The van der Waals surface area contributed by atoms with Crippen LogP contribution in [-0.4, -0.2) is 78.5 Å². The van der Waals surface area contributed by atoms with Crippen molar-refractivity contribution in [2.75, 3.05) is 52.6 Å². The molecule has 0 heterocycles. The van der Waals surface area contributed by atoms with E-state index in [0.717, 1.165) is 54.9 Å². The molecule has 232 valence electrons. The summed E-state index contributed by atoms with van der Waals surface area (Å²) in [5.74, 6) is 5.22. The van der Waals surface area contributed by atoms with Crippen molar-refractivity contribution >= 4 is 0 Å². The summed E-state index contributed by atoms with van der Waals surface area (Å²) in [5, 5.41) is 28.8. The summed E-state index contributed by atoms with van der Waals surface area (Å²) >= 11 is 0. The lowest BCUT2D eigenvalue weighted by molar-refractivity contribution is -0.929. The topological polar surface area (TPSA) is 69.9 Å². The van der Waals surface area contributed by atoms with Gasteiger partial charge in [-0.3, -0.25) is 0 Å². The molecule has 0 radical (unpaired) electrons. The standard InChI is InChI=1S/C35H64NO4/c1-26(2)7-6-8-27(3)31-11-12-32-30-10-9-28-25-29(13-15-34(28,4)33(30)14-16-35(31,32)5)40-24-20-36(17-21-37,18-22-38)19-23-39/h9,26-27,29-33,37-39H,6-8,10-25H2,1-5H3/q+1. The molecular weight excluding hydrogens is 498 g/mol. The van der Waals surface area contributed by atoms with E-state index in [1.54, 1.807) is 5.57 Å². The van der Waals surface area contributed by atoms with E-state index < -0.39 is 0 Å². The molecule has 40 heavy (non-hydrogen) atoms. The lowest BCUT2D eigenvalue weighted by atomic mass is 9.47. The zero-order chi connectivity index (χ0) is 29.0. The van der Waals surface area contributed by atoms with Gasteiger partial charge < -0.3 is 24.5 Å². The summed E-state index contributed by atoms with van der Waals surface area (Å²) < 4.78 is 7.00. The zero-order valence-electron chi connectivity index (χ0n) is 26.8. The number of aliphatic hydroxyl groups excluding tert-OH is 3. The summed E-state index contributed by atoms with van der Waals surface area (Å²) in [5.41, 5.74) is 2.56. The van der Waals surface area contributed by atoms with Crippen molar-refractivity contribution in [2.24, 2.45) is 46.3 Å². The Morgan fingerprint density at radius 2 is 1.57 bits per heavy atom. The zero-order valence-corrected chi connectivity index (χ0v) is 26.8. The molecule has 0 amide bonds. The molecule has 5 nitrogen and oxygen atoms in total. The van der Waals surface area contributed by atoms with Crippen LogP contribution in [0.3, 0.4) is 0 Å². The van der Waals surface area contributed by atoms with Crippen LogP contribution in [0.2, 0.25) is 0 Å². The first-order valence-corrected chi connectivity index (χ1v) is 17.1. The molecule has 3 fully saturated rings. The van der Waals surface area contributed by atoms with Crippen molar-refractivity contribution in [3.8, 4) is 0 Å². The normalized spacial score (nSPS) is 36.6. The summed E-state index contributed by atoms with van der Waals surface area (Å²) in [6.07, 6.45) is 17.6. The minimum Gasteiger partial charge on any atom is -0.391 e. The van der Waals surface area contributed by atoms with Crippen LogP contribution in [0.1, 0.15) is 105 Å². The minimum absolute atomic E-state index is 0.0645. The van der Waals surface area contributed by atoms with Gasteiger partial charge in [0.15, 0.2) is 0 Å². The summed E-state index contributed by atoms with van der Waals surface area (Å²) in [7, 11) is 0. The van der Waals surface area contributed by atoms with Crippen LogP contribution in [-0.2, 0) is 4.74 Å². The summed E-state index contributed by atoms with van der Waals surface area (Å²) in [4.78, 5) is 0. The van der Waals surface area contributed by atoms with Crippen LogP contribution >= 0.6 is 0 Å². The van der Waals surface area contributed by atoms with Crippen LogP contribution in [0, 0.1) is 46.3 Å². The Hall–Kier alpha value is -0.460. The van der Waals surface area contributed by atoms with E-state index in [4.69, 9.17) is 4.74 Å². The average Bonchev–Trinajstić information content (AvgIpc) is 3.26. The molecule has 8 atom stereocenters. The van der Waals surface area contributed by atoms with Crippen LogP contribution < -0.4 is 0 Å². The largest absolute Gasteiger partial charge is 0.391 e. The van der Waals surface area contributed by atoms with Gasteiger partial charge in [-0.1, -0.05) is 65.5 Å². The molecule has 3 N–H and O–H groups in total. The van der Waals surface area contributed by atoms with Crippen LogP contribution in [0.4, 0.5) is 0 Å². The fourth-order valence-electron chi connectivity index (χ4n) is 10.5. The predicted molar refractivity (Wildman–Crippen MR) is 164 cm³/mol. The molecule has 5 heteroatoms. The van der Waals surface area contributed by atoms with Gasteiger partial charge in [0.25, 0.3) is 0 Å². The first-order valence-electron chi connectivity index (χ1n) is 17.1. The highest BCUT2D eigenvalue weighted by molar-refractivity contribution is 5.25. The van der Waals surface area contributed by atoms with E-state index in [9.17, 15) is 15.3 Å². The van der Waals surface area contributed by atoms with Gasteiger partial charge in [-0.2, -0.15) is 0 Å². The lowest BCUT2D eigenvalue weighted by Gasteiger charge is -2.58. The van der Waals surface area contributed by atoms with Crippen molar-refractivity contribution in [2.45, 2.75) is 111 Å². The first-order chi connectivity index (χ1) is 19.1. The number of rotatable bonds is 15. The molecule has 0 aliphatic heterocycles. The van der Waals surface area contributed by atoms with Gasteiger partial charge in [-0.05, 0) is 97.7 Å². The van der Waals surface area contributed by atoms with Crippen LogP contribution in [0.25, 0.3) is 0 Å². The molecule has 0 aromatic carbocycles. The van der Waals surface area contributed by atoms with Crippen LogP contribution in [0.15, 0.2) is 11.6 Å². The maximum Gasteiger partial charge on any atom is 0.103 e. The highest BCUT2D eigenvalue weighted by atomic mass is 16.5. The number of quaternary nitrogens is 1. The molecule has 4 aliphatic rings. The maximum absolute atomic E-state index is 9.60. The smallest absolute Gasteiger partial charge is 0.103 e. The lowest BCUT2D eigenvalue weighted by Crippen LogP contribution is -2.55. The monoisotopic (exact) mass is 562 g/mol. The Kier molecular flexibility index (Phi) is 11.3. The molecular formula is C35H64NO4+. The Labute approximate surface area is 246 Å². The SMILES string of the molecule is CC(C)CCCC(C)C1CCC2C3CC=C4CC(OCC[N+](CCO)(CCO)CCO)CCC4(C)C3CCC12C. The van der Waals surface area contributed by atoms with Crippen molar-refractivity contribution in [3.63, 3.8) is 0 Å². The minimum atomic E-state index is 0.0645. The Bertz CT molecular complexity index is 811. The molecule has 0 spiro atoms. The molecule has 0 saturated heterocycles. The first kappa shape index (κ1) is 32.5. The molecule has 8 unspecified atom stereocenters. The number of allylic oxidation sites excluding steroid dienone is 1. The number of hydrogen-bond donors (Lipinski definition) is 3. The van der Waals surface area contributed by atoms with E-state index in [2.05, 4.69) is 40.7 Å². The summed E-state index contributed by atoms with van der Waals surface area (Å²) in [6.45, 7) is 15.8. The van der Waals surface area contributed by atoms with Gasteiger partial charge >= 0.3 is 0 Å². The molecule has 4 rings (SSSR count). The van der Waals surface area contributed by atoms with Crippen LogP contribution in [0.5, 0.6) is 0 Å². The third-order valence-corrected chi connectivity index (χ3v) is 12.9. The number of nitrogens with zero attached hydrogens (tertiary/aromatic N) is 1. The van der Waals surface area contributed by atoms with Gasteiger partial charge in [-0.15, -0.1) is 0 Å². The Morgan fingerprint density at radius 1 is 0.875 bits per heavy atom. The number of aliphatic hydroxyl groups is 3. The molecule has 0 aromatic heterocycles. The number of fused-ring (bicyclic) bond motifs is 5. The second-order valence-electron chi connectivity index (χ2n) is 15.4. The third-order valence-electron chi connectivity index (χ3n) is 12.9. The van der Waals surface area contributed by atoms with Gasteiger partial charge in [0.2, 0.25) is 0 Å². The maximum atomic E-state index is 9.60. The van der Waals surface area contributed by atoms with Crippen molar-refractivity contribution in [1.82, 2.24) is 0 Å². The summed E-state index contributed by atoms with van der Waals surface area (Å²) in [6, 6.07) is 0. The predicted octanol–water partition coefficient (Wildman–Crippen LogP) is 6.21.